The summed E-state index contributed by atoms with van der Waals surface area (Å²) in [6.07, 6.45) is 1.31. The molecule has 1 rings (SSSR count). The zero-order valence-electron chi connectivity index (χ0n) is 11.2. The molecule has 0 radical (unpaired) electrons. The molecule has 0 bridgehead atoms. The average Bonchev–Trinajstić information content (AvgIpc) is 2.31. The second kappa shape index (κ2) is 7.59. The van der Waals surface area contributed by atoms with Crippen LogP contribution in [-0.4, -0.2) is 52.0 Å². The third-order valence-electron chi connectivity index (χ3n) is 3.05. The summed E-state index contributed by atoms with van der Waals surface area (Å²) in [5, 5.41) is 27.7. The number of aliphatic hydroxyl groups excluding tert-OH is 2. The normalized spacial score (nSPS) is 33.5. The van der Waals surface area contributed by atoms with E-state index in [-0.39, 0.29) is 18.6 Å². The molecule has 6 heteroatoms. The summed E-state index contributed by atoms with van der Waals surface area (Å²) in [4.78, 5) is 10.3. The van der Waals surface area contributed by atoms with Crippen LogP contribution >= 0.6 is 0 Å². The minimum Gasteiger partial charge on any atom is -0.478 e. The number of carboxylic acids is 1. The van der Waals surface area contributed by atoms with Crippen LogP contribution in [0.2, 0.25) is 0 Å². The Morgan fingerprint density at radius 2 is 2.16 bits per heavy atom. The van der Waals surface area contributed by atoms with Crippen molar-refractivity contribution in [2.75, 3.05) is 0 Å². The molecule has 1 aliphatic rings. The Kier molecular flexibility index (Phi) is 6.44. The molecule has 1 aliphatic heterocycles. The third kappa shape index (κ3) is 5.69. The highest BCUT2D eigenvalue weighted by molar-refractivity contribution is 5.79. The highest BCUT2D eigenvalue weighted by Crippen LogP contribution is 2.22. The second-order valence-corrected chi connectivity index (χ2v) is 4.84. The molecule has 1 fully saturated rings. The molecule has 0 aromatic heterocycles. The van der Waals surface area contributed by atoms with Crippen LogP contribution in [0.3, 0.4) is 0 Å². The van der Waals surface area contributed by atoms with Crippen molar-refractivity contribution in [3.05, 3.63) is 12.2 Å². The fourth-order valence-electron chi connectivity index (χ4n) is 1.88. The molecule has 0 amide bonds. The second-order valence-electron chi connectivity index (χ2n) is 4.84. The lowest BCUT2D eigenvalue weighted by atomic mass is 10.0. The summed E-state index contributed by atoms with van der Waals surface area (Å²) in [5.41, 5.74) is 0. The summed E-state index contributed by atoms with van der Waals surface area (Å²) >= 11 is 0. The van der Waals surface area contributed by atoms with Crippen LogP contribution in [0, 0.1) is 0 Å². The molecule has 0 saturated carbocycles. The molecular weight excluding hydrogens is 252 g/mol. The molecule has 1 heterocycles. The van der Waals surface area contributed by atoms with Crippen molar-refractivity contribution in [1.29, 1.82) is 0 Å². The topological polar surface area (TPSA) is 96.2 Å². The number of rotatable bonds is 6. The minimum atomic E-state index is -0.970. The fraction of sp³-hybridized carbons (Fsp3) is 0.769. The van der Waals surface area contributed by atoms with E-state index in [9.17, 15) is 15.0 Å². The van der Waals surface area contributed by atoms with E-state index in [2.05, 4.69) is 0 Å². The first-order chi connectivity index (χ1) is 8.90. The van der Waals surface area contributed by atoms with Crippen LogP contribution in [0.1, 0.15) is 33.1 Å². The number of hydrogen-bond donors (Lipinski definition) is 3. The Hall–Kier alpha value is -0.950. The van der Waals surface area contributed by atoms with Crippen molar-refractivity contribution in [2.45, 2.75) is 63.8 Å². The average molecular weight is 274 g/mol. The van der Waals surface area contributed by atoms with E-state index < -0.39 is 24.5 Å². The van der Waals surface area contributed by atoms with Crippen LogP contribution in [0.4, 0.5) is 0 Å². The zero-order chi connectivity index (χ0) is 14.4. The van der Waals surface area contributed by atoms with Crippen molar-refractivity contribution >= 4 is 5.97 Å². The van der Waals surface area contributed by atoms with Crippen molar-refractivity contribution in [3.63, 3.8) is 0 Å². The number of aliphatic carboxylic acids is 1. The largest absolute Gasteiger partial charge is 0.478 e. The van der Waals surface area contributed by atoms with E-state index in [1.165, 1.54) is 0 Å². The monoisotopic (exact) mass is 274 g/mol. The van der Waals surface area contributed by atoms with Gasteiger partial charge in [-0.25, -0.2) is 4.79 Å². The minimum absolute atomic E-state index is 0.166. The maximum atomic E-state index is 10.3. The number of carboxylic acid groups (broad SMARTS) is 1. The van der Waals surface area contributed by atoms with Gasteiger partial charge >= 0.3 is 5.97 Å². The van der Waals surface area contributed by atoms with Crippen LogP contribution in [0.25, 0.3) is 0 Å². The van der Waals surface area contributed by atoms with Gasteiger partial charge in [-0.3, -0.25) is 0 Å². The van der Waals surface area contributed by atoms with Gasteiger partial charge in [0.25, 0.3) is 0 Å². The molecule has 110 valence electrons. The van der Waals surface area contributed by atoms with Crippen molar-refractivity contribution in [2.24, 2.45) is 0 Å². The van der Waals surface area contributed by atoms with E-state index in [0.717, 1.165) is 6.08 Å². The number of aliphatic hydroxyl groups is 2. The number of carbonyl (C=O) groups is 1. The Bertz CT molecular complexity index is 316. The fourth-order valence-corrected chi connectivity index (χ4v) is 1.88. The van der Waals surface area contributed by atoms with E-state index in [0.29, 0.717) is 12.8 Å². The highest BCUT2D eigenvalue weighted by atomic mass is 16.7. The molecule has 0 aromatic rings. The summed E-state index contributed by atoms with van der Waals surface area (Å²) < 4.78 is 11.0. The Balaban J connectivity index is 2.31. The molecule has 0 aliphatic carbocycles. The van der Waals surface area contributed by atoms with Gasteiger partial charge in [-0.1, -0.05) is 6.08 Å². The lowest BCUT2D eigenvalue weighted by molar-refractivity contribution is -0.273. The molecule has 3 N–H and O–H groups in total. The third-order valence-corrected chi connectivity index (χ3v) is 3.05. The zero-order valence-corrected chi connectivity index (χ0v) is 11.2. The van der Waals surface area contributed by atoms with Crippen molar-refractivity contribution in [3.8, 4) is 0 Å². The van der Waals surface area contributed by atoms with Crippen LogP contribution in [-0.2, 0) is 14.3 Å². The smallest absolute Gasteiger partial charge is 0.327 e. The lowest BCUT2D eigenvalue weighted by Crippen LogP contribution is -2.48. The summed E-state index contributed by atoms with van der Waals surface area (Å²) in [7, 11) is 0. The standard InChI is InChI=1S/C13H22O6/c1-8(5-3-4-6-12(16)17)18-13-11(15)7-10(14)9(2)19-13/h4,6,8-11,13-15H,3,5,7H2,1-2H3,(H,16,17)/b6-4+/t8-,9?,10-,11+,13?/m1/s1. The predicted octanol–water partition coefficient (Wildman–Crippen LogP) is 0.669. The number of ether oxygens (including phenoxy) is 2. The van der Waals surface area contributed by atoms with Crippen molar-refractivity contribution < 1.29 is 29.6 Å². The van der Waals surface area contributed by atoms with E-state index in [4.69, 9.17) is 14.6 Å². The molecule has 6 nitrogen and oxygen atoms in total. The van der Waals surface area contributed by atoms with Crippen LogP contribution in [0.5, 0.6) is 0 Å². The molecule has 19 heavy (non-hydrogen) atoms. The van der Waals surface area contributed by atoms with Gasteiger partial charge in [0.15, 0.2) is 6.29 Å². The maximum absolute atomic E-state index is 10.3. The van der Waals surface area contributed by atoms with Crippen LogP contribution in [0.15, 0.2) is 12.2 Å². The number of allylic oxidation sites excluding steroid dienone is 1. The first kappa shape index (κ1) is 16.1. The predicted molar refractivity (Wildman–Crippen MR) is 67.5 cm³/mol. The van der Waals surface area contributed by atoms with Gasteiger partial charge in [-0.15, -0.1) is 0 Å². The van der Waals surface area contributed by atoms with Gasteiger partial charge in [0.05, 0.1) is 18.3 Å². The summed E-state index contributed by atoms with van der Waals surface area (Å²) in [6, 6.07) is 0. The van der Waals surface area contributed by atoms with E-state index in [1.807, 2.05) is 6.92 Å². The molecule has 2 unspecified atom stereocenters. The molecule has 0 spiro atoms. The Labute approximate surface area is 112 Å². The van der Waals surface area contributed by atoms with Gasteiger partial charge in [0.1, 0.15) is 6.10 Å². The molecular formula is C13H22O6. The summed E-state index contributed by atoms with van der Waals surface area (Å²) in [5.74, 6) is -0.970. The summed E-state index contributed by atoms with van der Waals surface area (Å²) in [6.45, 7) is 3.56. The van der Waals surface area contributed by atoms with Gasteiger partial charge in [-0.05, 0) is 26.7 Å². The lowest BCUT2D eigenvalue weighted by Gasteiger charge is -2.36. The van der Waals surface area contributed by atoms with Gasteiger partial charge in [-0.2, -0.15) is 0 Å². The number of hydrogen-bond acceptors (Lipinski definition) is 5. The van der Waals surface area contributed by atoms with Gasteiger partial charge in [0.2, 0.25) is 0 Å². The van der Waals surface area contributed by atoms with Gasteiger partial charge in [0, 0.05) is 12.5 Å². The quantitative estimate of drug-likeness (QED) is 0.616. The highest BCUT2D eigenvalue weighted by Gasteiger charge is 2.35. The van der Waals surface area contributed by atoms with Gasteiger partial charge < -0.3 is 24.8 Å². The molecule has 1 saturated heterocycles. The Morgan fingerprint density at radius 1 is 1.47 bits per heavy atom. The van der Waals surface area contributed by atoms with Crippen LogP contribution < -0.4 is 0 Å². The first-order valence-electron chi connectivity index (χ1n) is 6.46. The SMILES string of the molecule is CC1OC(O[C@H](C)CC/C=C/C(=O)O)[C@@H](O)C[C@H]1O. The van der Waals surface area contributed by atoms with E-state index in [1.54, 1.807) is 13.0 Å². The Morgan fingerprint density at radius 3 is 2.79 bits per heavy atom. The first-order valence-corrected chi connectivity index (χ1v) is 6.46. The maximum Gasteiger partial charge on any atom is 0.327 e. The molecule has 0 aromatic carbocycles. The van der Waals surface area contributed by atoms with Crippen molar-refractivity contribution in [1.82, 2.24) is 0 Å². The van der Waals surface area contributed by atoms with E-state index >= 15 is 0 Å². The molecule has 5 atom stereocenters.